The molecule has 178 valence electrons. The van der Waals surface area contributed by atoms with E-state index in [2.05, 4.69) is 10.6 Å². The van der Waals surface area contributed by atoms with Crippen LogP contribution in [-0.4, -0.2) is 53.0 Å². The summed E-state index contributed by atoms with van der Waals surface area (Å²) in [5.74, 6) is 0.253. The highest BCUT2D eigenvalue weighted by Crippen LogP contribution is 2.40. The van der Waals surface area contributed by atoms with E-state index in [1.165, 1.54) is 0 Å². The van der Waals surface area contributed by atoms with Crippen LogP contribution in [0.15, 0.2) is 18.2 Å². The Balaban J connectivity index is 1.22. The van der Waals surface area contributed by atoms with Crippen molar-refractivity contribution in [3.05, 3.63) is 29.3 Å². The number of amides is 3. The van der Waals surface area contributed by atoms with Crippen LogP contribution in [0.4, 0.5) is 4.39 Å². The summed E-state index contributed by atoms with van der Waals surface area (Å²) in [7, 11) is 0. The topological polar surface area (TPSA) is 87.7 Å². The number of nitrogens with zero attached hydrogens (tertiary/aromatic N) is 1. The molecule has 8 heteroatoms. The van der Waals surface area contributed by atoms with Gasteiger partial charge in [0.05, 0.1) is 0 Å². The third kappa shape index (κ3) is 4.63. The first kappa shape index (κ1) is 22.3. The normalized spacial score (nSPS) is 34.0. The Morgan fingerprint density at radius 2 is 1.97 bits per heavy atom. The van der Waals surface area contributed by atoms with Crippen LogP contribution in [0.5, 0.6) is 5.75 Å². The zero-order valence-electron chi connectivity index (χ0n) is 19.1. The van der Waals surface area contributed by atoms with E-state index in [0.717, 1.165) is 43.5 Å². The number of fused-ring (bicyclic) bond motifs is 1. The van der Waals surface area contributed by atoms with Crippen molar-refractivity contribution in [2.45, 2.75) is 88.7 Å². The molecule has 0 aromatic heterocycles. The van der Waals surface area contributed by atoms with E-state index in [9.17, 15) is 18.8 Å². The molecule has 1 aromatic rings. The van der Waals surface area contributed by atoms with Crippen LogP contribution in [-0.2, 0) is 16.1 Å². The Labute approximate surface area is 193 Å². The molecule has 0 spiro atoms. The van der Waals surface area contributed by atoms with Gasteiger partial charge in [0.1, 0.15) is 23.6 Å². The predicted octanol–water partition coefficient (Wildman–Crippen LogP) is 2.87. The van der Waals surface area contributed by atoms with E-state index in [1.807, 2.05) is 12.1 Å². The first-order valence-electron chi connectivity index (χ1n) is 12.2. The molecule has 1 saturated heterocycles. The van der Waals surface area contributed by atoms with Crippen molar-refractivity contribution in [1.29, 1.82) is 0 Å². The lowest BCUT2D eigenvalue weighted by atomic mass is 9.73. The van der Waals surface area contributed by atoms with Crippen LogP contribution in [0, 0.1) is 5.92 Å². The minimum atomic E-state index is -1.00. The number of benzene rings is 1. The van der Waals surface area contributed by atoms with Crippen LogP contribution < -0.4 is 15.4 Å². The second-order valence-corrected chi connectivity index (χ2v) is 10.4. The van der Waals surface area contributed by atoms with Crippen LogP contribution >= 0.6 is 0 Å². The van der Waals surface area contributed by atoms with Gasteiger partial charge in [-0.3, -0.25) is 19.7 Å². The molecule has 2 N–H and O–H groups in total. The van der Waals surface area contributed by atoms with E-state index < -0.39 is 17.6 Å². The van der Waals surface area contributed by atoms with Gasteiger partial charge in [-0.05, 0) is 81.7 Å². The average molecular weight is 458 g/mol. The predicted molar refractivity (Wildman–Crippen MR) is 119 cm³/mol. The lowest BCUT2D eigenvalue weighted by molar-refractivity contribution is -0.136. The Hall–Kier alpha value is -2.48. The van der Waals surface area contributed by atoms with Crippen molar-refractivity contribution >= 4 is 17.7 Å². The van der Waals surface area contributed by atoms with Crippen molar-refractivity contribution in [1.82, 2.24) is 15.5 Å². The fourth-order valence-corrected chi connectivity index (χ4v) is 5.88. The number of rotatable bonds is 6. The molecule has 2 heterocycles. The molecule has 4 aliphatic rings. The first-order chi connectivity index (χ1) is 15.8. The third-order valence-electron chi connectivity index (χ3n) is 7.58. The average Bonchev–Trinajstić information content (AvgIpc) is 3.07. The highest BCUT2D eigenvalue weighted by molar-refractivity contribution is 6.05. The summed E-state index contributed by atoms with van der Waals surface area (Å²) in [4.78, 5) is 38.1. The number of nitrogens with one attached hydrogen (secondary N) is 2. The minimum absolute atomic E-state index is 0.0389. The van der Waals surface area contributed by atoms with Crippen molar-refractivity contribution in [3.8, 4) is 5.75 Å². The quantitative estimate of drug-likeness (QED) is 0.642. The number of halogens is 1. The molecule has 0 radical (unpaired) electrons. The number of piperidine rings is 1. The molecule has 33 heavy (non-hydrogen) atoms. The summed E-state index contributed by atoms with van der Waals surface area (Å²) in [6.07, 6.45) is 6.15. The maximum Gasteiger partial charge on any atom is 0.255 e. The molecule has 5 rings (SSSR count). The summed E-state index contributed by atoms with van der Waals surface area (Å²) >= 11 is 0. The molecule has 2 saturated carbocycles. The molecule has 3 atom stereocenters. The van der Waals surface area contributed by atoms with Gasteiger partial charge in [0.15, 0.2) is 0 Å². The number of hydrogen-bond donors (Lipinski definition) is 2. The van der Waals surface area contributed by atoms with Gasteiger partial charge in [0.25, 0.3) is 5.91 Å². The van der Waals surface area contributed by atoms with Crippen molar-refractivity contribution in [2.24, 2.45) is 5.92 Å². The highest BCUT2D eigenvalue weighted by atomic mass is 19.1. The Morgan fingerprint density at radius 3 is 2.73 bits per heavy atom. The summed E-state index contributed by atoms with van der Waals surface area (Å²) in [5.41, 5.74) is 0.433. The van der Waals surface area contributed by atoms with Crippen molar-refractivity contribution in [3.63, 3.8) is 0 Å². The molecular weight excluding hydrogens is 425 g/mol. The fraction of sp³-hybridized carbons (Fsp3) is 0.640. The highest BCUT2D eigenvalue weighted by Gasteiger charge is 2.41. The molecule has 3 amide bonds. The van der Waals surface area contributed by atoms with E-state index in [1.54, 1.807) is 17.9 Å². The number of carbonyl (C=O) groups is 3. The lowest BCUT2D eigenvalue weighted by Gasteiger charge is -2.41. The lowest BCUT2D eigenvalue weighted by Crippen LogP contribution is -2.52. The molecule has 3 unspecified atom stereocenters. The summed E-state index contributed by atoms with van der Waals surface area (Å²) < 4.78 is 20.2. The van der Waals surface area contributed by atoms with Gasteiger partial charge >= 0.3 is 0 Å². The Morgan fingerprint density at radius 1 is 1.18 bits per heavy atom. The van der Waals surface area contributed by atoms with Gasteiger partial charge in [0, 0.05) is 24.6 Å². The third-order valence-corrected chi connectivity index (χ3v) is 7.58. The summed E-state index contributed by atoms with van der Waals surface area (Å²) in [6.45, 7) is 2.84. The number of ether oxygens (including phenoxy) is 1. The van der Waals surface area contributed by atoms with E-state index in [-0.39, 0.29) is 30.4 Å². The second-order valence-electron chi connectivity index (χ2n) is 10.4. The monoisotopic (exact) mass is 457 g/mol. The molecular formula is C25H32FN3O4. The minimum Gasteiger partial charge on any atom is -0.489 e. The van der Waals surface area contributed by atoms with Gasteiger partial charge < -0.3 is 15.0 Å². The second kappa shape index (κ2) is 8.70. The summed E-state index contributed by atoms with van der Waals surface area (Å²) in [6, 6.07) is 5.14. The molecule has 0 bridgehead atoms. The SMILES string of the molecule is CC1(F)CC(CNC2CCCCC2Oc2ccc3c(c2)CN(C2CCC(=O)NC2=O)C3=O)C1. The smallest absolute Gasteiger partial charge is 0.255 e. The standard InChI is InChI=1S/C25H32FN3O4/c1-25(26)11-15(12-25)13-27-19-4-2-3-5-21(19)33-17-6-7-18-16(10-17)14-29(24(18)32)20-8-9-22(30)28-23(20)31/h6-7,10,15,19-21,27H,2-5,8-9,11-14H2,1H3,(H,28,30,31). The Bertz CT molecular complexity index is 957. The van der Waals surface area contributed by atoms with Gasteiger partial charge in [-0.2, -0.15) is 0 Å². The van der Waals surface area contributed by atoms with Crippen molar-refractivity contribution < 1.29 is 23.5 Å². The number of carbonyl (C=O) groups excluding carboxylic acids is 3. The maximum atomic E-state index is 13.8. The fourth-order valence-electron chi connectivity index (χ4n) is 5.88. The zero-order valence-corrected chi connectivity index (χ0v) is 19.1. The van der Waals surface area contributed by atoms with E-state index in [4.69, 9.17) is 4.74 Å². The molecule has 2 aliphatic carbocycles. The Kier molecular flexibility index (Phi) is 5.89. The first-order valence-corrected chi connectivity index (χ1v) is 12.2. The number of imide groups is 1. The molecule has 1 aromatic carbocycles. The van der Waals surface area contributed by atoms with Gasteiger partial charge in [0.2, 0.25) is 11.8 Å². The van der Waals surface area contributed by atoms with Gasteiger partial charge in [-0.1, -0.05) is 6.42 Å². The van der Waals surface area contributed by atoms with E-state index in [0.29, 0.717) is 37.3 Å². The van der Waals surface area contributed by atoms with Gasteiger partial charge in [-0.25, -0.2) is 4.39 Å². The van der Waals surface area contributed by atoms with Crippen LogP contribution in [0.2, 0.25) is 0 Å². The largest absolute Gasteiger partial charge is 0.489 e. The maximum absolute atomic E-state index is 13.8. The molecule has 7 nitrogen and oxygen atoms in total. The molecule has 2 aliphatic heterocycles. The van der Waals surface area contributed by atoms with Crippen LogP contribution in [0.3, 0.4) is 0 Å². The van der Waals surface area contributed by atoms with Crippen LogP contribution in [0.1, 0.15) is 74.2 Å². The summed E-state index contributed by atoms with van der Waals surface area (Å²) in [5, 5.41) is 5.96. The zero-order chi connectivity index (χ0) is 23.2. The van der Waals surface area contributed by atoms with Crippen molar-refractivity contribution in [2.75, 3.05) is 6.54 Å². The van der Waals surface area contributed by atoms with Gasteiger partial charge in [-0.15, -0.1) is 0 Å². The van der Waals surface area contributed by atoms with E-state index >= 15 is 0 Å². The molecule has 3 fully saturated rings. The number of hydrogen-bond acceptors (Lipinski definition) is 5. The number of alkyl halides is 1. The van der Waals surface area contributed by atoms with Crippen LogP contribution in [0.25, 0.3) is 0 Å².